The molecule has 134 valence electrons. The summed E-state index contributed by atoms with van der Waals surface area (Å²) in [6.07, 6.45) is 4.65. The van der Waals surface area contributed by atoms with Crippen molar-refractivity contribution in [3.05, 3.63) is 45.0 Å². The van der Waals surface area contributed by atoms with Crippen molar-refractivity contribution < 1.29 is 14.0 Å². The Balaban J connectivity index is 1.64. The Hall–Kier alpha value is -2.08. The highest BCUT2D eigenvalue weighted by atomic mass is 32.1. The number of fused-ring (bicyclic) bond motifs is 1. The Morgan fingerprint density at radius 1 is 1.24 bits per heavy atom. The molecule has 1 aliphatic carbocycles. The Kier molecular flexibility index (Phi) is 4.73. The molecular weight excluding hydrogens is 336 g/mol. The van der Waals surface area contributed by atoms with Crippen molar-refractivity contribution in [3.63, 3.8) is 0 Å². The van der Waals surface area contributed by atoms with Gasteiger partial charge >= 0.3 is 0 Å². The summed E-state index contributed by atoms with van der Waals surface area (Å²) in [7, 11) is 0. The van der Waals surface area contributed by atoms with E-state index >= 15 is 0 Å². The Bertz CT molecular complexity index is 798. The topological polar surface area (TPSA) is 71.3 Å². The molecule has 0 fully saturated rings. The molecular formula is C19H24N2O3S. The van der Waals surface area contributed by atoms with Gasteiger partial charge in [0, 0.05) is 4.88 Å². The highest BCUT2D eigenvalue weighted by molar-refractivity contribution is 7.14. The van der Waals surface area contributed by atoms with Crippen molar-refractivity contribution in [1.29, 1.82) is 0 Å². The van der Waals surface area contributed by atoms with Crippen molar-refractivity contribution in [2.45, 2.75) is 47.0 Å². The number of hydrogen-bond donors (Lipinski definition) is 2. The van der Waals surface area contributed by atoms with E-state index in [0.717, 1.165) is 19.3 Å². The number of thiophene rings is 1. The first-order chi connectivity index (χ1) is 11.8. The number of nitrogens with one attached hydrogen (secondary N) is 2. The van der Waals surface area contributed by atoms with E-state index in [9.17, 15) is 9.59 Å². The second-order valence-corrected chi connectivity index (χ2v) is 8.80. The first-order valence-corrected chi connectivity index (χ1v) is 9.33. The molecule has 0 aromatic carbocycles. The molecule has 5 nitrogen and oxygen atoms in total. The molecule has 6 heteroatoms. The van der Waals surface area contributed by atoms with Crippen LogP contribution in [0.5, 0.6) is 0 Å². The number of amides is 2. The lowest BCUT2D eigenvalue weighted by atomic mass is 9.72. The van der Waals surface area contributed by atoms with Crippen molar-refractivity contribution in [3.8, 4) is 0 Å². The molecule has 2 N–H and O–H groups in total. The number of carbonyl (C=O) groups is 2. The van der Waals surface area contributed by atoms with Gasteiger partial charge in [0.25, 0.3) is 11.8 Å². The molecule has 2 aromatic rings. The summed E-state index contributed by atoms with van der Waals surface area (Å²) < 4.78 is 5.10. The summed E-state index contributed by atoms with van der Waals surface area (Å²) >= 11 is 1.53. The van der Waals surface area contributed by atoms with E-state index in [4.69, 9.17) is 4.42 Å². The molecule has 0 saturated carbocycles. The van der Waals surface area contributed by atoms with Crippen LogP contribution in [0.4, 0.5) is 0 Å². The van der Waals surface area contributed by atoms with E-state index in [0.29, 0.717) is 22.1 Å². The second-order valence-electron chi connectivity index (χ2n) is 7.66. The number of aryl methyl sites for hydroxylation is 2. The lowest BCUT2D eigenvalue weighted by Gasteiger charge is -2.33. The van der Waals surface area contributed by atoms with Crippen LogP contribution >= 0.6 is 11.3 Å². The normalized spacial score (nSPS) is 17.0. The average molecular weight is 360 g/mol. The van der Waals surface area contributed by atoms with Crippen LogP contribution < -0.4 is 10.9 Å². The van der Waals surface area contributed by atoms with E-state index in [-0.39, 0.29) is 17.2 Å². The molecule has 0 saturated heterocycles. The van der Waals surface area contributed by atoms with Crippen LogP contribution in [0.1, 0.15) is 63.4 Å². The van der Waals surface area contributed by atoms with Crippen LogP contribution in [0.25, 0.3) is 0 Å². The zero-order valence-electron chi connectivity index (χ0n) is 15.1. The van der Waals surface area contributed by atoms with Crippen molar-refractivity contribution in [2.24, 2.45) is 11.3 Å². The molecule has 1 aliphatic rings. The maximum atomic E-state index is 12.4. The Morgan fingerprint density at radius 2 is 1.96 bits per heavy atom. The zero-order chi connectivity index (χ0) is 18.2. The fourth-order valence-electron chi connectivity index (χ4n) is 3.24. The summed E-state index contributed by atoms with van der Waals surface area (Å²) in [5.74, 6) is 0.496. The van der Waals surface area contributed by atoms with Gasteiger partial charge in [-0.15, -0.1) is 11.3 Å². The maximum absolute atomic E-state index is 12.4. The molecule has 1 atom stereocenters. The molecule has 2 amide bonds. The largest absolute Gasteiger partial charge is 0.469 e. The predicted molar refractivity (Wildman–Crippen MR) is 97.7 cm³/mol. The number of furan rings is 1. The first-order valence-electron chi connectivity index (χ1n) is 8.52. The van der Waals surface area contributed by atoms with E-state index in [1.54, 1.807) is 13.0 Å². The first kappa shape index (κ1) is 17.7. The van der Waals surface area contributed by atoms with Crippen molar-refractivity contribution in [2.75, 3.05) is 0 Å². The SMILES string of the molecule is Cc1occc1C(=O)NNC(=O)c1cc2c(s1)CCC(C(C)(C)C)C2. The minimum Gasteiger partial charge on any atom is -0.469 e. The van der Waals surface area contributed by atoms with Crippen LogP contribution in [-0.2, 0) is 12.8 Å². The van der Waals surface area contributed by atoms with Gasteiger partial charge in [0.1, 0.15) is 5.76 Å². The van der Waals surface area contributed by atoms with Gasteiger partial charge in [-0.05, 0) is 55.2 Å². The number of hydrogen-bond acceptors (Lipinski definition) is 4. The zero-order valence-corrected chi connectivity index (χ0v) is 15.9. The molecule has 25 heavy (non-hydrogen) atoms. The van der Waals surface area contributed by atoms with Gasteiger partial charge in [0.2, 0.25) is 0 Å². The summed E-state index contributed by atoms with van der Waals surface area (Å²) in [5.41, 5.74) is 6.91. The van der Waals surface area contributed by atoms with E-state index in [1.165, 1.54) is 28.0 Å². The van der Waals surface area contributed by atoms with E-state index < -0.39 is 0 Å². The number of hydrazine groups is 1. The van der Waals surface area contributed by atoms with Gasteiger partial charge in [-0.25, -0.2) is 0 Å². The van der Waals surface area contributed by atoms with E-state index in [1.807, 2.05) is 6.07 Å². The van der Waals surface area contributed by atoms with Crippen molar-refractivity contribution >= 4 is 23.2 Å². The van der Waals surface area contributed by atoms with Crippen LogP contribution in [0, 0.1) is 18.3 Å². The van der Waals surface area contributed by atoms with Crippen molar-refractivity contribution in [1.82, 2.24) is 10.9 Å². The van der Waals surface area contributed by atoms with Crippen LogP contribution in [0.15, 0.2) is 22.8 Å². The molecule has 0 aliphatic heterocycles. The summed E-state index contributed by atoms with van der Waals surface area (Å²) in [6, 6.07) is 3.55. The average Bonchev–Trinajstić information content (AvgIpc) is 3.16. The standard InChI is InChI=1S/C19H24N2O3S/c1-11-14(7-8-24-11)17(22)20-21-18(23)16-10-12-9-13(19(2,3)4)5-6-15(12)25-16/h7-8,10,13H,5-6,9H2,1-4H3,(H,20,22)(H,21,23). The molecule has 1 unspecified atom stereocenters. The van der Waals surface area contributed by atoms with Gasteiger partial charge in [-0.1, -0.05) is 20.8 Å². The molecule has 0 spiro atoms. The van der Waals surface area contributed by atoms with Gasteiger partial charge in [0.15, 0.2) is 0 Å². The third-order valence-electron chi connectivity index (χ3n) is 4.92. The molecule has 2 aromatic heterocycles. The van der Waals surface area contributed by atoms with Gasteiger partial charge in [-0.3, -0.25) is 20.4 Å². The Morgan fingerprint density at radius 3 is 2.60 bits per heavy atom. The highest BCUT2D eigenvalue weighted by Gasteiger charge is 2.30. The summed E-state index contributed by atoms with van der Waals surface area (Å²) in [6.45, 7) is 8.53. The lowest BCUT2D eigenvalue weighted by Crippen LogP contribution is -2.41. The lowest BCUT2D eigenvalue weighted by molar-refractivity contribution is 0.0848. The molecule has 2 heterocycles. The van der Waals surface area contributed by atoms with Crippen LogP contribution in [0.3, 0.4) is 0 Å². The number of carbonyl (C=O) groups excluding carboxylic acids is 2. The van der Waals surface area contributed by atoms with Crippen LogP contribution in [-0.4, -0.2) is 11.8 Å². The highest BCUT2D eigenvalue weighted by Crippen LogP contribution is 2.40. The predicted octanol–water partition coefficient (Wildman–Crippen LogP) is 3.88. The van der Waals surface area contributed by atoms with Crippen LogP contribution in [0.2, 0.25) is 0 Å². The second kappa shape index (κ2) is 6.67. The monoisotopic (exact) mass is 360 g/mol. The Labute approximate surface area is 151 Å². The smallest absolute Gasteiger partial charge is 0.279 e. The minimum absolute atomic E-state index is 0.276. The van der Waals surface area contributed by atoms with Gasteiger partial charge in [-0.2, -0.15) is 0 Å². The summed E-state index contributed by atoms with van der Waals surface area (Å²) in [4.78, 5) is 26.3. The third kappa shape index (κ3) is 3.79. The molecule has 0 radical (unpaired) electrons. The van der Waals surface area contributed by atoms with Gasteiger partial charge < -0.3 is 4.42 Å². The van der Waals surface area contributed by atoms with E-state index in [2.05, 4.69) is 31.6 Å². The molecule has 3 rings (SSSR count). The summed E-state index contributed by atoms with van der Waals surface area (Å²) in [5, 5.41) is 0. The van der Waals surface area contributed by atoms with Gasteiger partial charge in [0.05, 0.1) is 16.7 Å². The minimum atomic E-state index is -0.381. The quantitative estimate of drug-likeness (QED) is 0.799. The fourth-order valence-corrected chi connectivity index (χ4v) is 4.34. The third-order valence-corrected chi connectivity index (χ3v) is 6.16. The molecule has 0 bridgehead atoms. The maximum Gasteiger partial charge on any atom is 0.279 e. The fraction of sp³-hybridized carbons (Fsp3) is 0.474. The number of rotatable bonds is 2.